The van der Waals surface area contributed by atoms with Gasteiger partial charge in [-0.15, -0.1) is 24.0 Å². The van der Waals surface area contributed by atoms with E-state index >= 15 is 0 Å². The number of aliphatic imine (C=N–C) groups is 1. The molecule has 1 saturated heterocycles. The molecule has 1 unspecified atom stereocenters. The minimum absolute atomic E-state index is 0. The van der Waals surface area contributed by atoms with Crippen LogP contribution >= 0.6 is 24.0 Å². The van der Waals surface area contributed by atoms with Crippen LogP contribution in [0.3, 0.4) is 0 Å². The topological polar surface area (TPSA) is 59.9 Å². The fourth-order valence-corrected chi connectivity index (χ4v) is 3.61. The Labute approximate surface area is 186 Å². The van der Waals surface area contributed by atoms with Gasteiger partial charge in [-0.2, -0.15) is 0 Å². The Balaban J connectivity index is 0.00000392. The lowest BCUT2D eigenvalue weighted by atomic mass is 10.0. The average Bonchev–Trinajstić information content (AvgIpc) is 2.67. The monoisotopic (exact) mass is 506 g/mol. The van der Waals surface area contributed by atoms with E-state index in [0.717, 1.165) is 69.9 Å². The van der Waals surface area contributed by atoms with Gasteiger partial charge < -0.3 is 20.6 Å². The molecule has 0 bridgehead atoms. The van der Waals surface area contributed by atoms with E-state index in [9.17, 15) is 9.50 Å². The van der Waals surface area contributed by atoms with Crippen molar-refractivity contribution in [2.45, 2.75) is 52.0 Å². The van der Waals surface area contributed by atoms with E-state index in [1.54, 1.807) is 12.1 Å². The number of piperidine rings is 1. The minimum atomic E-state index is -0.182. The maximum Gasteiger partial charge on any atom is 0.191 e. The highest BCUT2D eigenvalue weighted by molar-refractivity contribution is 14.0. The number of halogens is 2. The second-order valence-corrected chi connectivity index (χ2v) is 7.27. The summed E-state index contributed by atoms with van der Waals surface area (Å²) in [5.41, 5.74) is 0.959. The molecule has 2 rings (SSSR count). The molecular weight excluding hydrogens is 470 g/mol. The first-order valence-corrected chi connectivity index (χ1v) is 10.3. The zero-order chi connectivity index (χ0) is 19.5. The molecule has 1 heterocycles. The fraction of sp³-hybridized carbons (Fsp3) is 0.667. The van der Waals surface area contributed by atoms with Gasteiger partial charge in [-0.3, -0.25) is 4.99 Å². The number of aliphatic hydroxyl groups is 1. The lowest BCUT2D eigenvalue weighted by Crippen LogP contribution is -2.49. The molecule has 1 aliphatic rings. The summed E-state index contributed by atoms with van der Waals surface area (Å²) in [6.45, 7) is 7.85. The second kappa shape index (κ2) is 14.0. The van der Waals surface area contributed by atoms with Gasteiger partial charge in [0.15, 0.2) is 5.96 Å². The number of hydrogen-bond donors (Lipinski definition) is 3. The highest BCUT2D eigenvalue weighted by Crippen LogP contribution is 2.20. The summed E-state index contributed by atoms with van der Waals surface area (Å²) in [6.07, 6.45) is 5.01. The van der Waals surface area contributed by atoms with Gasteiger partial charge in [0.25, 0.3) is 0 Å². The third kappa shape index (κ3) is 8.51. The predicted octanol–water partition coefficient (Wildman–Crippen LogP) is 3.77. The standard InChI is InChI=1S/C21H35FN4O.HI/c1-3-6-17(11-14-27)16-24-21(23-4-2)25-19-9-12-26(13-10-19)20-8-5-7-18(22)15-20;/h5,7-8,15,17,19,27H,3-4,6,9-14,16H2,1-2H3,(H2,23,24,25);1H. The number of benzene rings is 1. The van der Waals surface area contributed by atoms with Gasteiger partial charge in [0.2, 0.25) is 0 Å². The Morgan fingerprint density at radius 2 is 2.04 bits per heavy atom. The van der Waals surface area contributed by atoms with E-state index in [4.69, 9.17) is 4.99 Å². The van der Waals surface area contributed by atoms with Crippen LogP contribution in [-0.4, -0.2) is 49.9 Å². The molecule has 0 amide bonds. The maximum absolute atomic E-state index is 13.4. The first-order valence-electron chi connectivity index (χ1n) is 10.3. The van der Waals surface area contributed by atoms with Gasteiger partial charge in [0, 0.05) is 44.5 Å². The predicted molar refractivity (Wildman–Crippen MR) is 126 cm³/mol. The van der Waals surface area contributed by atoms with Crippen LogP contribution in [0, 0.1) is 11.7 Å². The van der Waals surface area contributed by atoms with E-state index < -0.39 is 0 Å². The first-order chi connectivity index (χ1) is 13.2. The van der Waals surface area contributed by atoms with Crippen molar-refractivity contribution in [3.8, 4) is 0 Å². The summed E-state index contributed by atoms with van der Waals surface area (Å²) >= 11 is 0. The van der Waals surface area contributed by atoms with E-state index in [1.165, 1.54) is 6.07 Å². The number of guanidine groups is 1. The molecule has 0 aliphatic carbocycles. The molecule has 0 radical (unpaired) electrons. The fourth-order valence-electron chi connectivity index (χ4n) is 3.61. The number of aliphatic hydroxyl groups excluding tert-OH is 1. The van der Waals surface area contributed by atoms with Gasteiger partial charge in [-0.05, 0) is 56.7 Å². The van der Waals surface area contributed by atoms with E-state index in [2.05, 4.69) is 29.4 Å². The summed E-state index contributed by atoms with van der Waals surface area (Å²) in [4.78, 5) is 6.99. The highest BCUT2D eigenvalue weighted by atomic mass is 127. The summed E-state index contributed by atoms with van der Waals surface area (Å²) in [7, 11) is 0. The van der Waals surface area contributed by atoms with Crippen LogP contribution < -0.4 is 15.5 Å². The van der Waals surface area contributed by atoms with Crippen molar-refractivity contribution in [2.24, 2.45) is 10.9 Å². The SMILES string of the molecule is CCCC(CCO)CN=C(NCC)NC1CCN(c2cccc(F)c2)CC1.I. The summed E-state index contributed by atoms with van der Waals surface area (Å²) in [5.74, 6) is 1.12. The lowest BCUT2D eigenvalue weighted by Gasteiger charge is -2.34. The van der Waals surface area contributed by atoms with Crippen molar-refractivity contribution in [1.29, 1.82) is 0 Å². The molecular formula is C21H36FIN4O. The minimum Gasteiger partial charge on any atom is -0.396 e. The lowest BCUT2D eigenvalue weighted by molar-refractivity contribution is 0.253. The molecule has 7 heteroatoms. The molecule has 1 fully saturated rings. The van der Waals surface area contributed by atoms with Crippen LogP contribution in [0.4, 0.5) is 10.1 Å². The Hall–Kier alpha value is -1.09. The van der Waals surface area contributed by atoms with Crippen molar-refractivity contribution in [3.63, 3.8) is 0 Å². The summed E-state index contributed by atoms with van der Waals surface area (Å²) < 4.78 is 13.4. The van der Waals surface area contributed by atoms with Crippen molar-refractivity contribution in [1.82, 2.24) is 10.6 Å². The molecule has 1 aromatic rings. The van der Waals surface area contributed by atoms with Gasteiger partial charge in [0.1, 0.15) is 5.82 Å². The van der Waals surface area contributed by atoms with Crippen LogP contribution in [0.15, 0.2) is 29.3 Å². The van der Waals surface area contributed by atoms with Crippen molar-refractivity contribution >= 4 is 35.6 Å². The van der Waals surface area contributed by atoms with Crippen molar-refractivity contribution < 1.29 is 9.50 Å². The van der Waals surface area contributed by atoms with Crippen LogP contribution in [-0.2, 0) is 0 Å². The van der Waals surface area contributed by atoms with Crippen LogP contribution in [0.1, 0.15) is 46.0 Å². The van der Waals surface area contributed by atoms with Crippen LogP contribution in [0.2, 0.25) is 0 Å². The number of hydrogen-bond acceptors (Lipinski definition) is 3. The molecule has 0 saturated carbocycles. The van der Waals surface area contributed by atoms with Gasteiger partial charge >= 0.3 is 0 Å². The normalized spacial score (nSPS) is 16.4. The van der Waals surface area contributed by atoms with Crippen LogP contribution in [0.5, 0.6) is 0 Å². The quantitative estimate of drug-likeness (QED) is 0.271. The number of anilines is 1. The van der Waals surface area contributed by atoms with Gasteiger partial charge in [-0.1, -0.05) is 19.4 Å². The Morgan fingerprint density at radius 1 is 1.29 bits per heavy atom. The Morgan fingerprint density at radius 3 is 2.64 bits per heavy atom. The molecule has 160 valence electrons. The molecule has 0 aromatic heterocycles. The van der Waals surface area contributed by atoms with E-state index in [0.29, 0.717) is 12.0 Å². The number of nitrogens with zero attached hydrogens (tertiary/aromatic N) is 2. The first kappa shape index (κ1) is 24.9. The maximum atomic E-state index is 13.4. The molecule has 1 aromatic carbocycles. The summed E-state index contributed by atoms with van der Waals surface area (Å²) in [6, 6.07) is 7.20. The van der Waals surface area contributed by atoms with Crippen molar-refractivity contribution in [2.75, 3.05) is 37.7 Å². The average molecular weight is 506 g/mol. The Bertz CT molecular complexity index is 573. The number of rotatable bonds is 9. The third-order valence-corrected chi connectivity index (χ3v) is 5.10. The molecule has 5 nitrogen and oxygen atoms in total. The van der Waals surface area contributed by atoms with E-state index in [-0.39, 0.29) is 36.4 Å². The molecule has 1 aliphatic heterocycles. The zero-order valence-electron chi connectivity index (χ0n) is 17.2. The molecule has 0 spiro atoms. The molecule has 1 atom stereocenters. The van der Waals surface area contributed by atoms with Gasteiger partial charge in [0.05, 0.1) is 0 Å². The van der Waals surface area contributed by atoms with Crippen LogP contribution in [0.25, 0.3) is 0 Å². The third-order valence-electron chi connectivity index (χ3n) is 5.10. The molecule has 3 N–H and O–H groups in total. The molecule has 28 heavy (non-hydrogen) atoms. The van der Waals surface area contributed by atoms with E-state index in [1.807, 2.05) is 6.07 Å². The highest BCUT2D eigenvalue weighted by Gasteiger charge is 2.20. The Kier molecular flexibility index (Phi) is 12.5. The zero-order valence-corrected chi connectivity index (χ0v) is 19.5. The smallest absolute Gasteiger partial charge is 0.191 e. The second-order valence-electron chi connectivity index (χ2n) is 7.27. The van der Waals surface area contributed by atoms with Crippen molar-refractivity contribution in [3.05, 3.63) is 30.1 Å². The number of nitrogens with one attached hydrogen (secondary N) is 2. The summed E-state index contributed by atoms with van der Waals surface area (Å²) in [5, 5.41) is 16.1. The van der Waals surface area contributed by atoms with Gasteiger partial charge in [-0.25, -0.2) is 4.39 Å². The largest absolute Gasteiger partial charge is 0.396 e.